The van der Waals surface area contributed by atoms with Crippen molar-refractivity contribution in [1.82, 2.24) is 0 Å². The molecule has 0 aromatic heterocycles. The highest BCUT2D eigenvalue weighted by Crippen LogP contribution is 2.22. The Hall–Kier alpha value is -0.0400. The molecule has 0 saturated heterocycles. The molecule has 0 spiro atoms. The van der Waals surface area contributed by atoms with E-state index in [0.29, 0.717) is 11.5 Å². The van der Waals surface area contributed by atoms with Crippen LogP contribution in [0.4, 0.5) is 0 Å². The van der Waals surface area contributed by atoms with Crippen LogP contribution in [0.3, 0.4) is 0 Å². The van der Waals surface area contributed by atoms with Crippen molar-refractivity contribution in [2.24, 2.45) is 11.1 Å². The van der Waals surface area contributed by atoms with Gasteiger partial charge < -0.3 is 5.73 Å². The Balaban J connectivity index is 3.25. The molecule has 0 aromatic rings. The molecule has 0 radical (unpaired) electrons. The van der Waals surface area contributed by atoms with Crippen LogP contribution in [-0.2, 0) is 0 Å². The van der Waals surface area contributed by atoms with Gasteiger partial charge in [-0.05, 0) is 24.7 Å². The van der Waals surface area contributed by atoms with Crippen LogP contribution in [0, 0.1) is 5.41 Å². The highest BCUT2D eigenvalue weighted by Gasteiger charge is 2.09. The minimum Gasteiger partial charge on any atom is -0.328 e. The summed E-state index contributed by atoms with van der Waals surface area (Å²) in [4.78, 5) is 0. The molecule has 1 unspecified atom stereocenters. The predicted molar refractivity (Wildman–Crippen MR) is 60.8 cm³/mol. The van der Waals surface area contributed by atoms with E-state index in [9.17, 15) is 0 Å². The molecule has 13 heavy (non-hydrogen) atoms. The van der Waals surface area contributed by atoms with Crippen molar-refractivity contribution in [1.29, 1.82) is 0 Å². The van der Waals surface area contributed by atoms with E-state index in [1.165, 1.54) is 38.5 Å². The van der Waals surface area contributed by atoms with Gasteiger partial charge in [-0.2, -0.15) is 0 Å². The van der Waals surface area contributed by atoms with Crippen molar-refractivity contribution < 1.29 is 0 Å². The first-order chi connectivity index (χ1) is 5.95. The van der Waals surface area contributed by atoms with Crippen LogP contribution in [0.5, 0.6) is 0 Å². The van der Waals surface area contributed by atoms with E-state index in [1.54, 1.807) is 0 Å². The molecule has 1 heteroatoms. The molecule has 0 amide bonds. The lowest BCUT2D eigenvalue weighted by Gasteiger charge is -2.18. The quantitative estimate of drug-likeness (QED) is 0.627. The van der Waals surface area contributed by atoms with Gasteiger partial charge in [0.1, 0.15) is 0 Å². The SMILES string of the molecule is CCCC(N)CCCCC(C)(C)C. The molecule has 80 valence electrons. The molecule has 1 nitrogen and oxygen atoms in total. The van der Waals surface area contributed by atoms with Crippen molar-refractivity contribution in [3.8, 4) is 0 Å². The van der Waals surface area contributed by atoms with Gasteiger partial charge in [-0.25, -0.2) is 0 Å². The maximum Gasteiger partial charge on any atom is 0.00387 e. The van der Waals surface area contributed by atoms with Crippen LogP contribution in [-0.4, -0.2) is 6.04 Å². The Labute approximate surface area is 84.1 Å². The lowest BCUT2D eigenvalue weighted by molar-refractivity contribution is 0.353. The van der Waals surface area contributed by atoms with E-state index in [-0.39, 0.29) is 0 Å². The average molecular weight is 185 g/mol. The van der Waals surface area contributed by atoms with Gasteiger partial charge in [0.25, 0.3) is 0 Å². The zero-order chi connectivity index (χ0) is 10.3. The lowest BCUT2D eigenvalue weighted by atomic mass is 9.89. The molecule has 0 aliphatic heterocycles. The topological polar surface area (TPSA) is 26.0 Å². The van der Waals surface area contributed by atoms with Gasteiger partial charge in [-0.3, -0.25) is 0 Å². The number of nitrogens with two attached hydrogens (primary N) is 1. The summed E-state index contributed by atoms with van der Waals surface area (Å²) < 4.78 is 0. The molecule has 0 rings (SSSR count). The summed E-state index contributed by atoms with van der Waals surface area (Å²) in [7, 11) is 0. The fraction of sp³-hybridized carbons (Fsp3) is 1.00. The summed E-state index contributed by atoms with van der Waals surface area (Å²) in [5.41, 5.74) is 6.43. The summed E-state index contributed by atoms with van der Waals surface area (Å²) in [6.07, 6.45) is 7.59. The van der Waals surface area contributed by atoms with Crippen LogP contribution in [0.2, 0.25) is 0 Å². The molecule has 1 atom stereocenters. The molecule has 0 aliphatic carbocycles. The summed E-state index contributed by atoms with van der Waals surface area (Å²) in [6, 6.07) is 0.449. The smallest absolute Gasteiger partial charge is 0.00387 e. The van der Waals surface area contributed by atoms with E-state index in [4.69, 9.17) is 5.73 Å². The third-order valence-electron chi connectivity index (χ3n) is 2.41. The largest absolute Gasteiger partial charge is 0.328 e. The fourth-order valence-corrected chi connectivity index (χ4v) is 1.58. The second-order valence-corrected chi connectivity index (χ2v) is 5.36. The van der Waals surface area contributed by atoms with Crippen LogP contribution in [0.25, 0.3) is 0 Å². The molecule has 0 fully saturated rings. The van der Waals surface area contributed by atoms with E-state index in [2.05, 4.69) is 27.7 Å². The van der Waals surface area contributed by atoms with Gasteiger partial charge in [0.2, 0.25) is 0 Å². The van der Waals surface area contributed by atoms with Gasteiger partial charge in [-0.1, -0.05) is 47.0 Å². The number of hydrogen-bond acceptors (Lipinski definition) is 1. The maximum atomic E-state index is 5.93. The molecule has 0 aromatic carbocycles. The van der Waals surface area contributed by atoms with Crippen molar-refractivity contribution in [2.75, 3.05) is 0 Å². The van der Waals surface area contributed by atoms with E-state index < -0.39 is 0 Å². The second kappa shape index (κ2) is 6.42. The summed E-state index contributed by atoms with van der Waals surface area (Å²) >= 11 is 0. The summed E-state index contributed by atoms with van der Waals surface area (Å²) in [6.45, 7) is 9.12. The number of unbranched alkanes of at least 4 members (excludes halogenated alkanes) is 1. The molecular weight excluding hydrogens is 158 g/mol. The first kappa shape index (κ1) is 13.0. The van der Waals surface area contributed by atoms with Crippen molar-refractivity contribution in [3.05, 3.63) is 0 Å². The molecule has 0 heterocycles. The Bertz CT molecular complexity index is 113. The zero-order valence-corrected chi connectivity index (χ0v) is 9.90. The number of rotatable bonds is 6. The maximum absolute atomic E-state index is 5.93. The molecule has 0 aliphatic rings. The van der Waals surface area contributed by atoms with E-state index >= 15 is 0 Å². The molecular formula is C12H27N. The van der Waals surface area contributed by atoms with Crippen molar-refractivity contribution in [2.45, 2.75) is 72.3 Å². The first-order valence-corrected chi connectivity index (χ1v) is 5.71. The first-order valence-electron chi connectivity index (χ1n) is 5.71. The monoisotopic (exact) mass is 185 g/mol. The average Bonchev–Trinajstić information content (AvgIpc) is 1.97. The second-order valence-electron chi connectivity index (χ2n) is 5.36. The van der Waals surface area contributed by atoms with Crippen LogP contribution in [0.1, 0.15) is 66.2 Å². The zero-order valence-electron chi connectivity index (χ0n) is 9.90. The van der Waals surface area contributed by atoms with E-state index in [1.807, 2.05) is 0 Å². The fourth-order valence-electron chi connectivity index (χ4n) is 1.58. The van der Waals surface area contributed by atoms with Gasteiger partial charge in [-0.15, -0.1) is 0 Å². The normalized spacial score (nSPS) is 14.5. The lowest BCUT2D eigenvalue weighted by Crippen LogP contribution is -2.19. The van der Waals surface area contributed by atoms with Gasteiger partial charge >= 0.3 is 0 Å². The van der Waals surface area contributed by atoms with Crippen molar-refractivity contribution >= 4 is 0 Å². The third-order valence-corrected chi connectivity index (χ3v) is 2.41. The molecule has 0 saturated carbocycles. The highest BCUT2D eigenvalue weighted by molar-refractivity contribution is 4.64. The predicted octanol–water partition coefficient (Wildman–Crippen LogP) is 3.72. The van der Waals surface area contributed by atoms with E-state index in [0.717, 1.165) is 0 Å². The van der Waals surface area contributed by atoms with Gasteiger partial charge in [0.15, 0.2) is 0 Å². The van der Waals surface area contributed by atoms with Crippen LogP contribution in [0.15, 0.2) is 0 Å². The molecule has 0 bridgehead atoms. The Morgan fingerprint density at radius 3 is 2.15 bits per heavy atom. The Morgan fingerprint density at radius 2 is 1.69 bits per heavy atom. The summed E-state index contributed by atoms with van der Waals surface area (Å²) in [5.74, 6) is 0. The van der Waals surface area contributed by atoms with Crippen LogP contribution >= 0.6 is 0 Å². The van der Waals surface area contributed by atoms with Gasteiger partial charge in [0, 0.05) is 6.04 Å². The standard InChI is InChI=1S/C12H27N/c1-5-8-11(13)9-6-7-10-12(2,3)4/h11H,5-10,13H2,1-4H3. The Morgan fingerprint density at radius 1 is 1.08 bits per heavy atom. The number of hydrogen-bond donors (Lipinski definition) is 1. The van der Waals surface area contributed by atoms with Crippen molar-refractivity contribution in [3.63, 3.8) is 0 Å². The minimum absolute atomic E-state index is 0.449. The van der Waals surface area contributed by atoms with Crippen LogP contribution < -0.4 is 5.73 Å². The highest BCUT2D eigenvalue weighted by atomic mass is 14.6. The Kier molecular flexibility index (Phi) is 6.40. The minimum atomic E-state index is 0.449. The molecule has 2 N–H and O–H groups in total. The third kappa shape index (κ3) is 9.88. The van der Waals surface area contributed by atoms with Gasteiger partial charge in [0.05, 0.1) is 0 Å². The summed E-state index contributed by atoms with van der Waals surface area (Å²) in [5, 5.41) is 0.